The number of rotatable bonds is 4. The lowest BCUT2D eigenvalue weighted by Crippen LogP contribution is -3.13. The lowest BCUT2D eigenvalue weighted by atomic mass is 10.1. The largest absolute Gasteiger partial charge is 0.328 e. The van der Waals surface area contributed by atoms with E-state index in [1.807, 2.05) is 30.0 Å². The maximum atomic E-state index is 12.9. The van der Waals surface area contributed by atoms with Crippen LogP contribution in [-0.4, -0.2) is 51.7 Å². The van der Waals surface area contributed by atoms with Gasteiger partial charge in [-0.05, 0) is 36.8 Å². The molecule has 7 heteroatoms. The Balaban J connectivity index is 1.67. The van der Waals surface area contributed by atoms with Crippen LogP contribution < -0.4 is 4.90 Å². The molecule has 1 fully saturated rings. The molecule has 2 aromatic carbocycles. The monoisotopic (exact) mass is 407 g/mol. The summed E-state index contributed by atoms with van der Waals surface area (Å²) in [6.45, 7) is 5.71. The number of hydrogen-bond donors (Lipinski definition) is 1. The summed E-state index contributed by atoms with van der Waals surface area (Å²) in [5, 5.41) is 0.738. The van der Waals surface area contributed by atoms with Gasteiger partial charge in [0.2, 0.25) is 0 Å². The first kappa shape index (κ1) is 19.9. The molecule has 0 saturated carbocycles. The molecular weight excluding hydrogens is 384 g/mol. The summed E-state index contributed by atoms with van der Waals surface area (Å²) in [7, 11) is -3.34. The van der Waals surface area contributed by atoms with E-state index in [0.717, 1.165) is 36.5 Å². The lowest BCUT2D eigenvalue weighted by Gasteiger charge is -2.32. The standard InChI is InChI=1S/C20H23ClN2O3S/c1-15-6-7-18(27(2,25)26)13-19(15)20(24)23-10-8-22(9-11-23)14-16-4-3-5-17(21)12-16/h3-7,12-13H,8-11,14H2,1-2H3/p+1. The van der Waals surface area contributed by atoms with Gasteiger partial charge in [0.1, 0.15) is 6.54 Å². The van der Waals surface area contributed by atoms with Gasteiger partial charge in [0, 0.05) is 22.4 Å². The van der Waals surface area contributed by atoms with E-state index in [1.54, 1.807) is 12.1 Å². The zero-order chi connectivity index (χ0) is 19.6. The van der Waals surface area contributed by atoms with E-state index < -0.39 is 9.84 Å². The second-order valence-electron chi connectivity index (χ2n) is 7.10. The molecule has 0 aliphatic carbocycles. The zero-order valence-corrected chi connectivity index (χ0v) is 17.1. The zero-order valence-electron chi connectivity index (χ0n) is 15.5. The number of quaternary nitrogens is 1. The molecule has 1 aliphatic heterocycles. The Bertz CT molecular complexity index is 951. The Kier molecular flexibility index (Phi) is 5.89. The van der Waals surface area contributed by atoms with Gasteiger partial charge in [-0.3, -0.25) is 4.79 Å². The number of nitrogens with zero attached hydrogens (tertiary/aromatic N) is 1. The van der Waals surface area contributed by atoms with Crippen LogP contribution in [0.5, 0.6) is 0 Å². The van der Waals surface area contributed by atoms with E-state index in [9.17, 15) is 13.2 Å². The minimum atomic E-state index is -3.34. The molecule has 1 N–H and O–H groups in total. The molecule has 0 bridgehead atoms. The van der Waals surface area contributed by atoms with Crippen LogP contribution in [0, 0.1) is 6.92 Å². The SMILES string of the molecule is Cc1ccc(S(C)(=O)=O)cc1C(=O)N1CC[NH+](Cc2cccc(Cl)c2)CC1. The van der Waals surface area contributed by atoms with Crippen molar-refractivity contribution < 1.29 is 18.1 Å². The highest BCUT2D eigenvalue weighted by Crippen LogP contribution is 2.18. The third-order valence-corrected chi connectivity index (χ3v) is 6.31. The Hall–Kier alpha value is -1.89. The Morgan fingerprint density at radius 2 is 1.85 bits per heavy atom. The molecule has 0 radical (unpaired) electrons. The number of piperazine rings is 1. The van der Waals surface area contributed by atoms with Crippen molar-refractivity contribution in [3.63, 3.8) is 0 Å². The molecule has 27 heavy (non-hydrogen) atoms. The van der Waals surface area contributed by atoms with Gasteiger partial charge in [0.25, 0.3) is 5.91 Å². The summed E-state index contributed by atoms with van der Waals surface area (Å²) in [5.74, 6) is -0.0974. The molecular formula is C20H24ClN2O3S+. The van der Waals surface area contributed by atoms with Crippen LogP contribution in [0.25, 0.3) is 0 Å². The van der Waals surface area contributed by atoms with Crippen LogP contribution in [0.1, 0.15) is 21.5 Å². The minimum absolute atomic E-state index is 0.0974. The quantitative estimate of drug-likeness (QED) is 0.837. The Morgan fingerprint density at radius 1 is 1.15 bits per heavy atom. The Morgan fingerprint density at radius 3 is 2.48 bits per heavy atom. The number of halogens is 1. The number of nitrogens with one attached hydrogen (secondary N) is 1. The van der Waals surface area contributed by atoms with Crippen molar-refractivity contribution in [3.05, 3.63) is 64.2 Å². The molecule has 3 rings (SSSR count). The average molecular weight is 408 g/mol. The molecule has 0 unspecified atom stereocenters. The normalized spacial score (nSPS) is 15.7. The Labute approximate surface area is 165 Å². The van der Waals surface area contributed by atoms with Crippen molar-refractivity contribution in [2.24, 2.45) is 0 Å². The molecule has 1 aliphatic rings. The van der Waals surface area contributed by atoms with Gasteiger partial charge in [-0.15, -0.1) is 0 Å². The fraction of sp³-hybridized carbons (Fsp3) is 0.350. The third kappa shape index (κ3) is 4.89. The van der Waals surface area contributed by atoms with E-state index in [1.165, 1.54) is 16.5 Å². The van der Waals surface area contributed by atoms with E-state index >= 15 is 0 Å². The molecule has 1 saturated heterocycles. The highest BCUT2D eigenvalue weighted by Gasteiger charge is 2.26. The van der Waals surface area contributed by atoms with E-state index in [4.69, 9.17) is 11.6 Å². The van der Waals surface area contributed by atoms with Crippen LogP contribution in [0.2, 0.25) is 5.02 Å². The van der Waals surface area contributed by atoms with Crippen molar-refractivity contribution in [1.82, 2.24) is 4.90 Å². The van der Waals surface area contributed by atoms with Crippen molar-refractivity contribution in [2.45, 2.75) is 18.4 Å². The first-order chi connectivity index (χ1) is 12.7. The number of hydrogen-bond acceptors (Lipinski definition) is 3. The number of benzene rings is 2. The van der Waals surface area contributed by atoms with Gasteiger partial charge in [-0.1, -0.05) is 29.8 Å². The molecule has 0 spiro atoms. The van der Waals surface area contributed by atoms with Crippen molar-refractivity contribution in [1.29, 1.82) is 0 Å². The van der Waals surface area contributed by atoms with Gasteiger partial charge in [0.15, 0.2) is 9.84 Å². The minimum Gasteiger partial charge on any atom is -0.328 e. The number of aryl methyl sites for hydroxylation is 1. The predicted molar refractivity (Wildman–Crippen MR) is 106 cm³/mol. The molecule has 2 aromatic rings. The van der Waals surface area contributed by atoms with Crippen LogP contribution in [0.4, 0.5) is 0 Å². The summed E-state index contributed by atoms with van der Waals surface area (Å²) < 4.78 is 23.6. The maximum absolute atomic E-state index is 12.9. The second kappa shape index (κ2) is 8.00. The maximum Gasteiger partial charge on any atom is 0.254 e. The summed E-state index contributed by atoms with van der Waals surface area (Å²) >= 11 is 6.05. The summed E-state index contributed by atoms with van der Waals surface area (Å²) in [6.07, 6.45) is 1.16. The molecule has 1 amide bonds. The van der Waals surface area contributed by atoms with Gasteiger partial charge in [-0.25, -0.2) is 8.42 Å². The summed E-state index contributed by atoms with van der Waals surface area (Å²) in [5.41, 5.74) is 2.45. The fourth-order valence-electron chi connectivity index (χ4n) is 3.37. The van der Waals surface area contributed by atoms with E-state index in [2.05, 4.69) is 6.07 Å². The number of sulfone groups is 1. The number of amides is 1. The van der Waals surface area contributed by atoms with Crippen LogP contribution in [-0.2, 0) is 16.4 Å². The van der Waals surface area contributed by atoms with Crippen molar-refractivity contribution in [3.8, 4) is 0 Å². The topological polar surface area (TPSA) is 58.9 Å². The molecule has 5 nitrogen and oxygen atoms in total. The lowest BCUT2D eigenvalue weighted by molar-refractivity contribution is -0.917. The van der Waals surface area contributed by atoms with Crippen LogP contribution >= 0.6 is 11.6 Å². The summed E-state index contributed by atoms with van der Waals surface area (Å²) in [4.78, 5) is 16.3. The highest BCUT2D eigenvalue weighted by molar-refractivity contribution is 7.90. The van der Waals surface area contributed by atoms with Crippen LogP contribution in [0.15, 0.2) is 47.4 Å². The third-order valence-electron chi connectivity index (χ3n) is 4.97. The smallest absolute Gasteiger partial charge is 0.254 e. The van der Waals surface area contributed by atoms with Crippen molar-refractivity contribution >= 4 is 27.3 Å². The van der Waals surface area contributed by atoms with Gasteiger partial charge in [-0.2, -0.15) is 0 Å². The molecule has 0 aromatic heterocycles. The van der Waals surface area contributed by atoms with Gasteiger partial charge >= 0.3 is 0 Å². The van der Waals surface area contributed by atoms with Crippen LogP contribution in [0.3, 0.4) is 0 Å². The summed E-state index contributed by atoms with van der Waals surface area (Å²) in [6, 6.07) is 12.6. The first-order valence-corrected chi connectivity index (χ1v) is 11.2. The number of carbonyl (C=O) groups is 1. The fourth-order valence-corrected chi connectivity index (χ4v) is 4.23. The molecule has 1 heterocycles. The van der Waals surface area contributed by atoms with Gasteiger partial charge < -0.3 is 9.80 Å². The molecule has 144 valence electrons. The average Bonchev–Trinajstić information content (AvgIpc) is 2.61. The van der Waals surface area contributed by atoms with Gasteiger partial charge in [0.05, 0.1) is 31.1 Å². The number of carbonyl (C=O) groups excluding carboxylic acids is 1. The first-order valence-electron chi connectivity index (χ1n) is 8.92. The van der Waals surface area contributed by atoms with Crippen molar-refractivity contribution in [2.75, 3.05) is 32.4 Å². The molecule has 0 atom stereocenters. The highest BCUT2D eigenvalue weighted by atomic mass is 35.5. The van der Waals surface area contributed by atoms with E-state index in [0.29, 0.717) is 18.7 Å². The predicted octanol–water partition coefficient (Wildman–Crippen LogP) is 1.59. The van der Waals surface area contributed by atoms with E-state index in [-0.39, 0.29) is 10.8 Å². The second-order valence-corrected chi connectivity index (χ2v) is 9.55.